The van der Waals surface area contributed by atoms with Crippen molar-refractivity contribution in [1.29, 1.82) is 0 Å². The van der Waals surface area contributed by atoms with Gasteiger partial charge in [0.1, 0.15) is 5.69 Å². The second kappa shape index (κ2) is 9.57. The fourth-order valence-electron chi connectivity index (χ4n) is 3.55. The molecule has 0 radical (unpaired) electrons. The number of quaternary nitrogens is 1. The van der Waals surface area contributed by atoms with Crippen LogP contribution in [0.5, 0.6) is 0 Å². The molecule has 7 nitrogen and oxygen atoms in total. The molecule has 1 unspecified atom stereocenters. The summed E-state index contributed by atoms with van der Waals surface area (Å²) < 4.78 is 5.23. The third-order valence-corrected chi connectivity index (χ3v) is 4.99. The summed E-state index contributed by atoms with van der Waals surface area (Å²) in [6.07, 6.45) is 0. The van der Waals surface area contributed by atoms with E-state index >= 15 is 0 Å². The minimum atomic E-state index is -0.250. The van der Waals surface area contributed by atoms with Crippen molar-refractivity contribution in [3.05, 3.63) is 64.7 Å². The highest BCUT2D eigenvalue weighted by atomic mass is 16.5. The van der Waals surface area contributed by atoms with E-state index in [4.69, 9.17) is 4.52 Å². The molecule has 2 aromatic carbocycles. The summed E-state index contributed by atoms with van der Waals surface area (Å²) in [6, 6.07) is 13.6. The maximum absolute atomic E-state index is 12.4. The third kappa shape index (κ3) is 6.02. The molecule has 0 aliphatic carbocycles. The molecule has 3 N–H and O–H groups in total. The molecule has 3 rings (SSSR count). The van der Waals surface area contributed by atoms with Crippen LogP contribution in [0.4, 0.5) is 11.6 Å². The molecule has 162 valence electrons. The highest BCUT2D eigenvalue weighted by molar-refractivity contribution is 5.94. The molecular weight excluding hydrogens is 392 g/mol. The van der Waals surface area contributed by atoms with Gasteiger partial charge < -0.3 is 14.7 Å². The van der Waals surface area contributed by atoms with Crippen LogP contribution in [0.1, 0.15) is 22.3 Å². The molecule has 3 aromatic rings. The molecule has 1 aromatic heterocycles. The summed E-state index contributed by atoms with van der Waals surface area (Å²) in [5, 5.41) is 9.67. The van der Waals surface area contributed by atoms with Crippen molar-refractivity contribution in [3.8, 4) is 11.3 Å². The molecule has 1 atom stereocenters. The van der Waals surface area contributed by atoms with Gasteiger partial charge in [-0.25, -0.2) is 0 Å². The Labute approximate surface area is 182 Å². The molecule has 0 bridgehead atoms. The molecule has 0 saturated carbocycles. The Bertz CT molecular complexity index is 1060. The van der Waals surface area contributed by atoms with E-state index in [1.165, 1.54) is 0 Å². The Kier molecular flexibility index (Phi) is 6.87. The minimum absolute atomic E-state index is 0.125. The van der Waals surface area contributed by atoms with Crippen molar-refractivity contribution in [2.24, 2.45) is 0 Å². The summed E-state index contributed by atoms with van der Waals surface area (Å²) >= 11 is 0. The number of hydrogen-bond donors (Lipinski definition) is 3. The fourth-order valence-corrected chi connectivity index (χ4v) is 3.55. The van der Waals surface area contributed by atoms with Crippen molar-refractivity contribution in [2.45, 2.75) is 27.7 Å². The number of aromatic nitrogens is 1. The number of nitrogens with one attached hydrogen (secondary N) is 3. The van der Waals surface area contributed by atoms with E-state index in [1.54, 1.807) is 13.1 Å². The van der Waals surface area contributed by atoms with Gasteiger partial charge in [-0.2, -0.15) is 0 Å². The molecule has 31 heavy (non-hydrogen) atoms. The zero-order valence-corrected chi connectivity index (χ0v) is 18.6. The van der Waals surface area contributed by atoms with Gasteiger partial charge in [-0.3, -0.25) is 14.9 Å². The first-order valence-corrected chi connectivity index (χ1v) is 10.2. The Morgan fingerprint density at radius 3 is 2.06 bits per heavy atom. The van der Waals surface area contributed by atoms with Crippen molar-refractivity contribution in [2.75, 3.05) is 30.8 Å². The van der Waals surface area contributed by atoms with Crippen LogP contribution < -0.4 is 15.5 Å². The summed E-state index contributed by atoms with van der Waals surface area (Å²) in [4.78, 5) is 25.6. The Morgan fingerprint density at radius 2 is 1.45 bits per heavy atom. The lowest BCUT2D eigenvalue weighted by Gasteiger charge is -2.15. The quantitative estimate of drug-likeness (QED) is 0.547. The molecule has 7 heteroatoms. The van der Waals surface area contributed by atoms with Crippen molar-refractivity contribution in [1.82, 2.24) is 5.16 Å². The van der Waals surface area contributed by atoms with Crippen LogP contribution in [0.2, 0.25) is 0 Å². The van der Waals surface area contributed by atoms with Gasteiger partial charge in [-0.15, -0.1) is 0 Å². The number of carbonyl (C=O) groups is 2. The summed E-state index contributed by atoms with van der Waals surface area (Å²) in [7, 11) is 1.80. The predicted octanol–water partition coefficient (Wildman–Crippen LogP) is 2.67. The highest BCUT2D eigenvalue weighted by Gasteiger charge is 2.17. The molecule has 0 fully saturated rings. The van der Waals surface area contributed by atoms with Crippen LogP contribution in [0, 0.1) is 27.7 Å². The number of likely N-dealkylation sites (N-methyl/N-ethyl adjacent to an activating group) is 1. The van der Waals surface area contributed by atoms with Crippen molar-refractivity contribution >= 4 is 23.4 Å². The second-order valence-electron chi connectivity index (χ2n) is 8.12. The predicted molar refractivity (Wildman–Crippen MR) is 121 cm³/mol. The van der Waals surface area contributed by atoms with E-state index < -0.39 is 0 Å². The van der Waals surface area contributed by atoms with Gasteiger partial charge in [0.05, 0.1) is 7.05 Å². The van der Waals surface area contributed by atoms with Crippen molar-refractivity contribution in [3.63, 3.8) is 0 Å². The monoisotopic (exact) mass is 421 g/mol. The molecule has 1 heterocycles. The van der Waals surface area contributed by atoms with Gasteiger partial charge in [0.2, 0.25) is 5.88 Å². The summed E-state index contributed by atoms with van der Waals surface area (Å²) in [5.74, 6) is -0.106. The smallest absolute Gasteiger partial charge is 0.281 e. The zero-order valence-electron chi connectivity index (χ0n) is 18.6. The minimum Gasteiger partial charge on any atom is -0.338 e. The van der Waals surface area contributed by atoms with Crippen LogP contribution in [-0.2, 0) is 9.59 Å². The Hall–Kier alpha value is -3.45. The zero-order chi connectivity index (χ0) is 22.5. The number of aryl methyl sites for hydroxylation is 4. The van der Waals surface area contributed by atoms with E-state index in [0.29, 0.717) is 5.69 Å². The number of amides is 2. The van der Waals surface area contributed by atoms with Crippen LogP contribution in [0.25, 0.3) is 11.3 Å². The van der Waals surface area contributed by atoms with Crippen LogP contribution in [-0.4, -0.2) is 37.1 Å². The van der Waals surface area contributed by atoms with Crippen LogP contribution in [0.3, 0.4) is 0 Å². The first kappa shape index (κ1) is 22.2. The summed E-state index contributed by atoms with van der Waals surface area (Å²) in [6.45, 7) is 8.29. The van der Waals surface area contributed by atoms with E-state index in [9.17, 15) is 9.59 Å². The number of benzene rings is 2. The van der Waals surface area contributed by atoms with Gasteiger partial charge >= 0.3 is 0 Å². The lowest BCUT2D eigenvalue weighted by atomic mass is 10.1. The molecular formula is C24H29N4O3+. The first-order valence-electron chi connectivity index (χ1n) is 10.2. The molecule has 0 aliphatic rings. The van der Waals surface area contributed by atoms with Crippen LogP contribution in [0.15, 0.2) is 47.0 Å². The number of carbonyl (C=O) groups excluding carboxylic acids is 2. The average Bonchev–Trinajstić information content (AvgIpc) is 3.13. The molecule has 0 aliphatic heterocycles. The second-order valence-corrected chi connectivity index (χ2v) is 8.12. The van der Waals surface area contributed by atoms with Gasteiger partial charge in [-0.1, -0.05) is 52.7 Å². The summed E-state index contributed by atoms with van der Waals surface area (Å²) in [5.41, 5.74) is 6.76. The SMILES string of the molecule is Cc1ccc(-c2cc(NC(=O)C[NH+](C)CC(=O)Nc3c(C)cc(C)cc3C)on2)cc1. The maximum Gasteiger partial charge on any atom is 0.281 e. The van der Waals surface area contributed by atoms with Gasteiger partial charge in [0.25, 0.3) is 11.8 Å². The van der Waals surface area contributed by atoms with Crippen LogP contribution >= 0.6 is 0 Å². The van der Waals surface area contributed by atoms with E-state index in [0.717, 1.165) is 38.4 Å². The van der Waals surface area contributed by atoms with E-state index in [-0.39, 0.29) is 30.8 Å². The topological polar surface area (TPSA) is 88.7 Å². The third-order valence-electron chi connectivity index (χ3n) is 4.99. The first-order chi connectivity index (χ1) is 14.7. The van der Waals surface area contributed by atoms with Gasteiger partial charge in [0, 0.05) is 17.3 Å². The van der Waals surface area contributed by atoms with E-state index in [1.807, 2.05) is 64.1 Å². The molecule has 2 amide bonds. The average molecular weight is 422 g/mol. The Morgan fingerprint density at radius 1 is 0.871 bits per heavy atom. The lowest BCUT2D eigenvalue weighted by Crippen LogP contribution is -3.11. The Balaban J connectivity index is 1.52. The number of rotatable bonds is 7. The van der Waals surface area contributed by atoms with Gasteiger partial charge in [-0.05, 0) is 38.8 Å². The standard InChI is InChI=1S/C24H28N4O3/c1-15-6-8-19(9-7-15)20-12-23(31-27-20)25-21(29)13-28(5)14-22(30)26-24-17(3)10-16(2)11-18(24)4/h6-12H,13-14H2,1-5H3,(H,25,29)(H,26,30)/p+1. The fraction of sp³-hybridized carbons (Fsp3) is 0.292. The highest BCUT2D eigenvalue weighted by Crippen LogP contribution is 2.22. The number of hydrogen-bond acceptors (Lipinski definition) is 4. The normalized spacial score (nSPS) is 11.8. The largest absolute Gasteiger partial charge is 0.338 e. The maximum atomic E-state index is 12.4. The van der Waals surface area contributed by atoms with E-state index in [2.05, 4.69) is 15.8 Å². The van der Waals surface area contributed by atoms with Gasteiger partial charge in [0.15, 0.2) is 13.1 Å². The lowest BCUT2D eigenvalue weighted by molar-refractivity contribution is -0.862. The molecule has 0 saturated heterocycles. The number of anilines is 2. The molecule has 0 spiro atoms. The van der Waals surface area contributed by atoms with Crippen molar-refractivity contribution < 1.29 is 19.0 Å². The number of nitrogens with zero attached hydrogens (tertiary/aromatic N) is 1.